The van der Waals surface area contributed by atoms with E-state index in [0.29, 0.717) is 30.0 Å². The number of amides is 1. The SMILES string of the molecule is O=C(c1nccn2ccnc12)N1CC[C@H](c2ccccc2F)C1. The van der Waals surface area contributed by atoms with Crippen LogP contribution in [0.3, 0.4) is 0 Å². The van der Waals surface area contributed by atoms with E-state index < -0.39 is 0 Å². The van der Waals surface area contributed by atoms with Crippen molar-refractivity contribution in [3.8, 4) is 0 Å². The topological polar surface area (TPSA) is 50.5 Å². The second-order valence-electron chi connectivity index (χ2n) is 5.69. The van der Waals surface area contributed by atoms with Crippen molar-refractivity contribution in [2.45, 2.75) is 12.3 Å². The van der Waals surface area contributed by atoms with Gasteiger partial charge in [-0.15, -0.1) is 0 Å². The quantitative estimate of drug-likeness (QED) is 0.731. The summed E-state index contributed by atoms with van der Waals surface area (Å²) in [6, 6.07) is 6.77. The molecule has 0 unspecified atom stereocenters. The number of halogens is 1. The second-order valence-corrected chi connectivity index (χ2v) is 5.69. The molecule has 2 aromatic heterocycles. The van der Waals surface area contributed by atoms with Crippen LogP contribution in [0.1, 0.15) is 28.4 Å². The zero-order valence-electron chi connectivity index (χ0n) is 12.4. The van der Waals surface area contributed by atoms with Crippen LogP contribution in [-0.2, 0) is 0 Å². The summed E-state index contributed by atoms with van der Waals surface area (Å²) in [7, 11) is 0. The Kier molecular flexibility index (Phi) is 3.29. The average Bonchev–Trinajstić information content (AvgIpc) is 3.23. The van der Waals surface area contributed by atoms with Crippen molar-refractivity contribution in [1.29, 1.82) is 0 Å². The van der Waals surface area contributed by atoms with Gasteiger partial charge < -0.3 is 9.30 Å². The molecule has 1 amide bonds. The number of likely N-dealkylation sites (tertiary alicyclic amines) is 1. The van der Waals surface area contributed by atoms with Gasteiger partial charge in [0, 0.05) is 43.8 Å². The summed E-state index contributed by atoms with van der Waals surface area (Å²) in [5, 5.41) is 0. The minimum atomic E-state index is -0.208. The first kappa shape index (κ1) is 13.9. The van der Waals surface area contributed by atoms with Gasteiger partial charge in [0.25, 0.3) is 5.91 Å². The Morgan fingerprint density at radius 3 is 2.78 bits per heavy atom. The van der Waals surface area contributed by atoms with Crippen molar-refractivity contribution in [1.82, 2.24) is 19.3 Å². The van der Waals surface area contributed by atoms with Crippen LogP contribution in [0.2, 0.25) is 0 Å². The smallest absolute Gasteiger partial charge is 0.276 e. The fourth-order valence-corrected chi connectivity index (χ4v) is 3.16. The van der Waals surface area contributed by atoms with Crippen molar-refractivity contribution < 1.29 is 9.18 Å². The average molecular weight is 310 g/mol. The summed E-state index contributed by atoms with van der Waals surface area (Å²) in [6.07, 6.45) is 7.52. The van der Waals surface area contributed by atoms with Gasteiger partial charge in [0.1, 0.15) is 5.82 Å². The number of hydrogen-bond acceptors (Lipinski definition) is 3. The highest BCUT2D eigenvalue weighted by molar-refractivity contribution is 5.97. The summed E-state index contributed by atoms with van der Waals surface area (Å²) < 4.78 is 15.7. The molecule has 1 fully saturated rings. The lowest BCUT2D eigenvalue weighted by Crippen LogP contribution is -2.29. The first-order chi connectivity index (χ1) is 11.2. The molecule has 1 aliphatic heterocycles. The van der Waals surface area contributed by atoms with Crippen LogP contribution >= 0.6 is 0 Å². The van der Waals surface area contributed by atoms with E-state index >= 15 is 0 Å². The Morgan fingerprint density at radius 2 is 1.96 bits per heavy atom. The minimum Gasteiger partial charge on any atom is -0.337 e. The first-order valence-corrected chi connectivity index (χ1v) is 7.55. The zero-order chi connectivity index (χ0) is 15.8. The molecule has 116 valence electrons. The molecular weight excluding hydrogens is 295 g/mol. The summed E-state index contributed by atoms with van der Waals surface area (Å²) in [5.41, 5.74) is 1.56. The van der Waals surface area contributed by atoms with Crippen LogP contribution in [0.4, 0.5) is 4.39 Å². The maximum absolute atomic E-state index is 13.9. The summed E-state index contributed by atoms with van der Waals surface area (Å²) in [6.45, 7) is 1.10. The van der Waals surface area contributed by atoms with Gasteiger partial charge in [0.05, 0.1) is 0 Å². The Labute approximate surface area is 132 Å². The molecule has 0 saturated carbocycles. The van der Waals surface area contributed by atoms with Crippen LogP contribution in [0.5, 0.6) is 0 Å². The standard InChI is InChI=1S/C17H15FN4O/c18-14-4-2-1-3-13(14)12-5-8-22(11-12)17(23)15-16-20-7-10-21(16)9-6-19-15/h1-4,6-7,9-10,12H,5,8,11H2/t12-/m0/s1. The lowest BCUT2D eigenvalue weighted by molar-refractivity contribution is 0.0786. The Morgan fingerprint density at radius 1 is 1.17 bits per heavy atom. The molecule has 5 nitrogen and oxygen atoms in total. The van der Waals surface area contributed by atoms with Gasteiger partial charge >= 0.3 is 0 Å². The monoisotopic (exact) mass is 310 g/mol. The van der Waals surface area contributed by atoms with Crippen molar-refractivity contribution in [3.05, 3.63) is 66.1 Å². The maximum atomic E-state index is 13.9. The molecule has 0 N–H and O–H groups in total. The molecule has 6 heteroatoms. The highest BCUT2D eigenvalue weighted by atomic mass is 19.1. The Balaban J connectivity index is 1.59. The fourth-order valence-electron chi connectivity index (χ4n) is 3.16. The normalized spacial score (nSPS) is 17.8. The number of hydrogen-bond donors (Lipinski definition) is 0. The van der Waals surface area contributed by atoms with Crippen LogP contribution in [0, 0.1) is 5.82 Å². The summed E-state index contributed by atoms with van der Waals surface area (Å²) >= 11 is 0. The molecular formula is C17H15FN4O. The molecule has 4 rings (SSSR count). The molecule has 1 atom stereocenters. The van der Waals surface area contributed by atoms with Gasteiger partial charge in [-0.2, -0.15) is 0 Å². The van der Waals surface area contributed by atoms with E-state index in [-0.39, 0.29) is 17.6 Å². The van der Waals surface area contributed by atoms with Crippen molar-refractivity contribution in [3.63, 3.8) is 0 Å². The third kappa shape index (κ3) is 2.36. The third-order valence-corrected chi connectivity index (χ3v) is 4.33. The largest absolute Gasteiger partial charge is 0.337 e. The molecule has 23 heavy (non-hydrogen) atoms. The van der Waals surface area contributed by atoms with Crippen molar-refractivity contribution >= 4 is 11.6 Å². The van der Waals surface area contributed by atoms with E-state index in [1.807, 2.05) is 6.07 Å². The number of nitrogens with zero attached hydrogens (tertiary/aromatic N) is 4. The molecule has 3 aromatic rings. The maximum Gasteiger partial charge on any atom is 0.276 e. The predicted octanol–water partition coefficient (Wildman–Crippen LogP) is 2.50. The van der Waals surface area contributed by atoms with Gasteiger partial charge in [-0.1, -0.05) is 18.2 Å². The number of benzene rings is 1. The van der Waals surface area contributed by atoms with Crippen molar-refractivity contribution in [2.75, 3.05) is 13.1 Å². The number of rotatable bonds is 2. The Hall–Kier alpha value is -2.76. The third-order valence-electron chi connectivity index (χ3n) is 4.33. The number of carbonyl (C=O) groups excluding carboxylic acids is 1. The lowest BCUT2D eigenvalue weighted by Gasteiger charge is -2.16. The molecule has 0 aliphatic carbocycles. The van der Waals surface area contributed by atoms with Gasteiger partial charge in [0.2, 0.25) is 0 Å². The second kappa shape index (κ2) is 5.46. The molecule has 1 saturated heterocycles. The minimum absolute atomic E-state index is 0.0274. The van der Waals surface area contributed by atoms with Crippen LogP contribution in [0.25, 0.3) is 5.65 Å². The van der Waals surface area contributed by atoms with Gasteiger partial charge in [-0.3, -0.25) is 4.79 Å². The van der Waals surface area contributed by atoms with E-state index in [0.717, 1.165) is 6.42 Å². The number of imidazole rings is 1. The van der Waals surface area contributed by atoms with Crippen molar-refractivity contribution in [2.24, 2.45) is 0 Å². The fraction of sp³-hybridized carbons (Fsp3) is 0.235. The van der Waals surface area contributed by atoms with E-state index in [9.17, 15) is 9.18 Å². The van der Waals surface area contributed by atoms with Gasteiger partial charge in [-0.05, 0) is 18.1 Å². The molecule has 3 heterocycles. The molecule has 0 bridgehead atoms. The van der Waals surface area contributed by atoms with E-state index in [1.54, 1.807) is 46.2 Å². The number of aromatic nitrogens is 3. The predicted molar refractivity (Wildman–Crippen MR) is 82.6 cm³/mol. The van der Waals surface area contributed by atoms with Gasteiger partial charge in [0.15, 0.2) is 11.3 Å². The summed E-state index contributed by atoms with van der Waals surface area (Å²) in [4.78, 5) is 22.9. The van der Waals surface area contributed by atoms with Crippen LogP contribution in [0.15, 0.2) is 49.1 Å². The highest BCUT2D eigenvalue weighted by Crippen LogP contribution is 2.29. The van der Waals surface area contributed by atoms with E-state index in [1.165, 1.54) is 6.07 Å². The van der Waals surface area contributed by atoms with Crippen LogP contribution in [-0.4, -0.2) is 38.3 Å². The first-order valence-electron chi connectivity index (χ1n) is 7.55. The molecule has 0 radical (unpaired) electrons. The summed E-state index contributed by atoms with van der Waals surface area (Å²) in [5.74, 6) is -0.333. The number of carbonyl (C=O) groups is 1. The van der Waals surface area contributed by atoms with E-state index in [2.05, 4.69) is 9.97 Å². The Bertz CT molecular complexity index is 876. The molecule has 1 aliphatic rings. The van der Waals surface area contributed by atoms with Crippen LogP contribution < -0.4 is 0 Å². The highest BCUT2D eigenvalue weighted by Gasteiger charge is 2.31. The molecule has 0 spiro atoms. The molecule has 1 aromatic carbocycles. The van der Waals surface area contributed by atoms with E-state index in [4.69, 9.17) is 0 Å². The zero-order valence-corrected chi connectivity index (χ0v) is 12.4. The number of fused-ring (bicyclic) bond motifs is 1. The lowest BCUT2D eigenvalue weighted by atomic mass is 9.98. The van der Waals surface area contributed by atoms with Gasteiger partial charge in [-0.25, -0.2) is 14.4 Å².